The smallest absolute Gasteiger partial charge is 0.358 e. The highest BCUT2D eigenvalue weighted by atomic mass is 32.1. The number of nitrogens with one attached hydrogen (secondary N) is 2. The van der Waals surface area contributed by atoms with Crippen LogP contribution in [0.25, 0.3) is 10.4 Å². The largest absolute Gasteiger partial charge is 0.464 e. The molecule has 4 atom stereocenters. The Bertz CT molecular complexity index is 1740. The van der Waals surface area contributed by atoms with Crippen LogP contribution in [0.4, 0.5) is 11.5 Å². The van der Waals surface area contributed by atoms with Crippen LogP contribution >= 0.6 is 11.3 Å². The summed E-state index contributed by atoms with van der Waals surface area (Å²) in [5.74, 6) is -1.55. The first-order valence-corrected chi connectivity index (χ1v) is 17.8. The summed E-state index contributed by atoms with van der Waals surface area (Å²) >= 11 is 1.57. The van der Waals surface area contributed by atoms with E-state index in [2.05, 4.69) is 25.8 Å². The average molecular weight is 722 g/mol. The van der Waals surface area contributed by atoms with Crippen molar-refractivity contribution < 1.29 is 29.0 Å². The molecule has 51 heavy (non-hydrogen) atoms. The van der Waals surface area contributed by atoms with Crippen molar-refractivity contribution >= 4 is 46.5 Å². The number of aromatic nitrogens is 3. The van der Waals surface area contributed by atoms with Crippen molar-refractivity contribution in [2.24, 2.45) is 5.41 Å². The Labute approximate surface area is 301 Å². The lowest BCUT2D eigenvalue weighted by molar-refractivity contribution is -0.144. The van der Waals surface area contributed by atoms with Crippen LogP contribution < -0.4 is 21.3 Å². The van der Waals surface area contributed by atoms with E-state index >= 15 is 0 Å². The number of likely N-dealkylation sites (tertiary alicyclic amines) is 1. The van der Waals surface area contributed by atoms with Gasteiger partial charge in [0, 0.05) is 45.2 Å². The maximum atomic E-state index is 14.1. The van der Waals surface area contributed by atoms with E-state index in [4.69, 9.17) is 10.5 Å². The number of amides is 3. The molecular formula is C35H47N9O6S. The van der Waals surface area contributed by atoms with Gasteiger partial charge in [-0.2, -0.15) is 0 Å². The molecule has 0 saturated carbocycles. The first kappa shape index (κ1) is 37.6. The second-order valence-electron chi connectivity index (χ2n) is 14.1. The number of anilines is 2. The Hall–Kier alpha value is -4.67. The van der Waals surface area contributed by atoms with E-state index in [1.54, 1.807) is 17.4 Å². The number of nitrogen functional groups attached to an aromatic ring is 1. The van der Waals surface area contributed by atoms with E-state index in [1.807, 2.05) is 74.2 Å². The number of nitrogens with two attached hydrogens (primary N) is 1. The fraction of sp³-hybridized carbons (Fsp3) is 0.514. The van der Waals surface area contributed by atoms with Gasteiger partial charge in [0.15, 0.2) is 11.5 Å². The van der Waals surface area contributed by atoms with Crippen molar-refractivity contribution in [3.05, 3.63) is 52.8 Å². The Morgan fingerprint density at radius 3 is 2.37 bits per heavy atom. The number of carbonyl (C=O) groups excluding carboxylic acids is 4. The number of ether oxygens (including phenoxy) is 1. The zero-order valence-corrected chi connectivity index (χ0v) is 30.7. The maximum Gasteiger partial charge on any atom is 0.358 e. The van der Waals surface area contributed by atoms with E-state index in [-0.39, 0.29) is 48.9 Å². The first-order valence-electron chi connectivity index (χ1n) is 16.9. The van der Waals surface area contributed by atoms with Crippen LogP contribution in [0.3, 0.4) is 0 Å². The molecule has 1 unspecified atom stereocenters. The average Bonchev–Trinajstić information content (AvgIpc) is 3.72. The lowest BCUT2D eigenvalue weighted by atomic mass is 9.85. The van der Waals surface area contributed by atoms with Crippen LogP contribution in [0, 0.1) is 12.3 Å². The molecule has 3 amide bonds. The SMILES string of the molecule is COC(=O)c1cc(N2CCN(CC(=O)NC(C(=O)N3C[C@H](O)C[C@H]3C(=O)N[C@@H](C)c3ccc(-c4scnc4C)cc3)C(C)(C)C)CC2)c(N)nn1. The lowest BCUT2D eigenvalue weighted by Gasteiger charge is -2.38. The summed E-state index contributed by atoms with van der Waals surface area (Å²) in [6, 6.07) is 7.30. The van der Waals surface area contributed by atoms with Gasteiger partial charge < -0.3 is 36.0 Å². The van der Waals surface area contributed by atoms with Gasteiger partial charge in [0.1, 0.15) is 12.1 Å². The van der Waals surface area contributed by atoms with Crippen molar-refractivity contribution in [2.75, 3.05) is 57.0 Å². The van der Waals surface area contributed by atoms with Crippen LogP contribution in [0.5, 0.6) is 0 Å². The number of thiazole rings is 1. The number of aliphatic hydroxyl groups is 1. The molecule has 0 radical (unpaired) electrons. The minimum absolute atomic E-state index is 0.0106. The van der Waals surface area contributed by atoms with Crippen molar-refractivity contribution in [3.8, 4) is 10.4 Å². The summed E-state index contributed by atoms with van der Waals surface area (Å²) in [6.07, 6.45) is -0.774. The van der Waals surface area contributed by atoms with Gasteiger partial charge in [0.05, 0.1) is 47.6 Å². The number of hydrogen-bond acceptors (Lipinski definition) is 13. The third-order valence-corrected chi connectivity index (χ3v) is 10.3. The third-order valence-electron chi connectivity index (χ3n) is 9.34. The molecule has 5 N–H and O–H groups in total. The van der Waals surface area contributed by atoms with Gasteiger partial charge in [0.25, 0.3) is 0 Å². The molecular weight excluding hydrogens is 675 g/mol. The zero-order valence-electron chi connectivity index (χ0n) is 29.9. The topological polar surface area (TPSA) is 196 Å². The van der Waals surface area contributed by atoms with Crippen molar-refractivity contribution in [3.63, 3.8) is 0 Å². The number of piperazine rings is 1. The van der Waals surface area contributed by atoms with Gasteiger partial charge in [-0.15, -0.1) is 21.5 Å². The second-order valence-corrected chi connectivity index (χ2v) is 15.0. The molecule has 2 aliphatic heterocycles. The van der Waals surface area contributed by atoms with E-state index in [1.165, 1.54) is 12.0 Å². The highest BCUT2D eigenvalue weighted by molar-refractivity contribution is 7.13. The predicted molar refractivity (Wildman–Crippen MR) is 193 cm³/mol. The number of β-amino-alcohol motifs (C(OH)–C–C–N with tert-alkyl or cyclic N) is 1. The third kappa shape index (κ3) is 8.80. The van der Waals surface area contributed by atoms with Gasteiger partial charge in [-0.1, -0.05) is 45.0 Å². The fourth-order valence-corrected chi connectivity index (χ4v) is 7.23. The number of nitrogens with zero attached hydrogens (tertiary/aromatic N) is 6. The quantitative estimate of drug-likeness (QED) is 0.222. The molecule has 15 nitrogen and oxygen atoms in total. The van der Waals surface area contributed by atoms with Crippen LogP contribution in [-0.4, -0.2) is 118 Å². The Balaban J connectivity index is 1.19. The standard InChI is InChI=1S/C35H47N9O6S/c1-20(22-7-9-23(10-8-22)29-21(2)37-19-51-29)38-32(47)27-15-24(45)17-44(27)33(48)30(35(3,4)5)39-28(46)18-42-11-13-43(14-12-42)26-16-25(34(49)50-6)40-41-31(26)36/h7-10,16,19-20,24,27,30,45H,11-15,17-18H2,1-6H3,(H2,36,41)(H,38,47)(H,39,46)/t20-,24+,27-,30?/m0/s1. The number of aliphatic hydroxyl groups excluding tert-OH is 1. The van der Waals surface area contributed by atoms with Gasteiger partial charge >= 0.3 is 5.97 Å². The number of benzene rings is 1. The lowest BCUT2D eigenvalue weighted by Crippen LogP contribution is -2.59. The number of hydrogen-bond donors (Lipinski definition) is 4. The summed E-state index contributed by atoms with van der Waals surface area (Å²) in [4.78, 5) is 63.8. The van der Waals surface area contributed by atoms with Gasteiger partial charge in [-0.05, 0) is 30.4 Å². The molecule has 274 valence electrons. The molecule has 2 saturated heterocycles. The van der Waals surface area contributed by atoms with E-state index in [0.717, 1.165) is 21.7 Å². The van der Waals surface area contributed by atoms with Crippen LogP contribution in [0.15, 0.2) is 35.8 Å². The highest BCUT2D eigenvalue weighted by Gasteiger charge is 2.45. The van der Waals surface area contributed by atoms with E-state index < -0.39 is 35.5 Å². The van der Waals surface area contributed by atoms with Gasteiger partial charge in [-0.25, -0.2) is 9.78 Å². The number of carbonyl (C=O) groups is 4. The normalized spacial score (nSPS) is 19.4. The molecule has 16 heteroatoms. The van der Waals surface area contributed by atoms with Crippen LogP contribution in [0.1, 0.15) is 61.9 Å². The molecule has 2 fully saturated rings. The van der Waals surface area contributed by atoms with Crippen LogP contribution in [0.2, 0.25) is 0 Å². The molecule has 0 aliphatic carbocycles. The Kier molecular flexibility index (Phi) is 11.6. The molecule has 3 aromatic rings. The van der Waals surface area contributed by atoms with E-state index in [9.17, 15) is 24.3 Å². The minimum atomic E-state index is -0.938. The monoisotopic (exact) mass is 721 g/mol. The number of rotatable bonds is 10. The Morgan fingerprint density at radius 1 is 1.08 bits per heavy atom. The summed E-state index contributed by atoms with van der Waals surface area (Å²) in [7, 11) is 1.26. The maximum absolute atomic E-state index is 14.1. The van der Waals surface area contributed by atoms with Crippen molar-refractivity contribution in [2.45, 2.75) is 65.3 Å². The highest BCUT2D eigenvalue weighted by Crippen LogP contribution is 2.30. The number of esters is 1. The first-order chi connectivity index (χ1) is 24.2. The summed E-state index contributed by atoms with van der Waals surface area (Å²) in [5.41, 5.74) is 10.7. The molecule has 5 rings (SSSR count). The molecule has 4 heterocycles. The number of aryl methyl sites for hydroxylation is 1. The molecule has 2 aromatic heterocycles. The Morgan fingerprint density at radius 2 is 1.76 bits per heavy atom. The van der Waals surface area contributed by atoms with E-state index in [0.29, 0.717) is 31.9 Å². The zero-order chi connectivity index (χ0) is 37.0. The summed E-state index contributed by atoms with van der Waals surface area (Å²) in [5, 5.41) is 24.2. The molecule has 1 aromatic carbocycles. The fourth-order valence-electron chi connectivity index (χ4n) is 6.42. The van der Waals surface area contributed by atoms with Gasteiger partial charge in [0.2, 0.25) is 17.7 Å². The minimum Gasteiger partial charge on any atom is -0.464 e. The van der Waals surface area contributed by atoms with Gasteiger partial charge in [-0.3, -0.25) is 19.3 Å². The van der Waals surface area contributed by atoms with Crippen molar-refractivity contribution in [1.29, 1.82) is 0 Å². The molecule has 0 spiro atoms. The second kappa shape index (κ2) is 15.7. The summed E-state index contributed by atoms with van der Waals surface area (Å²) in [6.45, 7) is 11.5. The van der Waals surface area contributed by atoms with Crippen molar-refractivity contribution in [1.82, 2.24) is 35.6 Å². The number of methoxy groups -OCH3 is 1. The summed E-state index contributed by atoms with van der Waals surface area (Å²) < 4.78 is 4.74. The van der Waals surface area contributed by atoms with Crippen LogP contribution in [-0.2, 0) is 19.1 Å². The molecule has 0 bridgehead atoms. The molecule has 2 aliphatic rings. The predicted octanol–water partition coefficient (Wildman–Crippen LogP) is 1.77.